The highest BCUT2D eigenvalue weighted by Crippen LogP contribution is 2.10. The summed E-state index contributed by atoms with van der Waals surface area (Å²) in [4.78, 5) is 2.21. The van der Waals surface area contributed by atoms with Gasteiger partial charge in [-0.1, -0.05) is 0 Å². The van der Waals surface area contributed by atoms with Gasteiger partial charge in [-0.25, -0.2) is 0 Å². The van der Waals surface area contributed by atoms with E-state index in [-0.39, 0.29) is 0 Å². The highest BCUT2D eigenvalue weighted by atomic mass is 15.1. The average Bonchev–Trinajstić information content (AvgIpc) is 2.55. The molecule has 2 N–H and O–H groups in total. The van der Waals surface area contributed by atoms with Gasteiger partial charge in [0.25, 0.3) is 0 Å². The molecule has 0 radical (unpaired) electrons. The number of likely N-dealkylation sites (N-methyl/N-ethyl adjacent to an activating group) is 1. The maximum Gasteiger partial charge on any atom is 0.0101 e. The third-order valence-electron chi connectivity index (χ3n) is 2.63. The molecule has 1 fully saturated rings. The fraction of sp³-hybridized carbons (Fsp3) is 1.00. The maximum atomic E-state index is 3.47. The van der Waals surface area contributed by atoms with E-state index in [1.807, 2.05) is 0 Å². The fourth-order valence-electron chi connectivity index (χ4n) is 1.69. The van der Waals surface area contributed by atoms with Crippen LogP contribution in [-0.2, 0) is 0 Å². The molecule has 1 aliphatic heterocycles. The van der Waals surface area contributed by atoms with Crippen molar-refractivity contribution in [1.82, 2.24) is 15.5 Å². The summed E-state index contributed by atoms with van der Waals surface area (Å²) in [7, 11) is 4.23. The smallest absolute Gasteiger partial charge is 0.0101 e. The molecule has 13 heavy (non-hydrogen) atoms. The molecule has 1 rings (SSSR count). The first-order valence-electron chi connectivity index (χ1n) is 5.35. The standard InChI is InChI=1S/C10H23N3/c1-13(2)8-7-11-5-3-10-4-6-12-9-10/h10-12H,3-9H2,1-2H3. The Morgan fingerprint density at radius 2 is 2.23 bits per heavy atom. The van der Waals surface area contributed by atoms with Gasteiger partial charge in [-0.3, -0.25) is 0 Å². The highest BCUT2D eigenvalue weighted by molar-refractivity contribution is 4.71. The molecular weight excluding hydrogens is 162 g/mol. The minimum atomic E-state index is 0.923. The lowest BCUT2D eigenvalue weighted by Gasteiger charge is -2.12. The number of rotatable bonds is 6. The quantitative estimate of drug-likeness (QED) is 0.576. The second kappa shape index (κ2) is 6.35. The highest BCUT2D eigenvalue weighted by Gasteiger charge is 2.12. The number of hydrogen-bond donors (Lipinski definition) is 2. The molecule has 0 saturated carbocycles. The van der Waals surface area contributed by atoms with Crippen LogP contribution in [0.4, 0.5) is 0 Å². The normalized spacial score (nSPS) is 22.8. The van der Waals surface area contributed by atoms with E-state index in [0.717, 1.165) is 19.0 Å². The van der Waals surface area contributed by atoms with Gasteiger partial charge in [-0.15, -0.1) is 0 Å². The molecule has 0 aromatic carbocycles. The Balaban J connectivity index is 1.83. The maximum absolute atomic E-state index is 3.47. The molecule has 3 heteroatoms. The number of nitrogens with one attached hydrogen (secondary N) is 2. The van der Waals surface area contributed by atoms with E-state index in [9.17, 15) is 0 Å². The van der Waals surface area contributed by atoms with Crippen LogP contribution in [0, 0.1) is 5.92 Å². The van der Waals surface area contributed by atoms with Crippen molar-refractivity contribution in [3.8, 4) is 0 Å². The van der Waals surface area contributed by atoms with Gasteiger partial charge in [0.05, 0.1) is 0 Å². The molecule has 1 aliphatic rings. The van der Waals surface area contributed by atoms with Crippen LogP contribution in [0.1, 0.15) is 12.8 Å². The van der Waals surface area contributed by atoms with Crippen LogP contribution >= 0.6 is 0 Å². The van der Waals surface area contributed by atoms with E-state index in [4.69, 9.17) is 0 Å². The zero-order valence-corrected chi connectivity index (χ0v) is 8.97. The fourth-order valence-corrected chi connectivity index (χ4v) is 1.69. The van der Waals surface area contributed by atoms with Gasteiger partial charge in [0.1, 0.15) is 0 Å². The Kier molecular flexibility index (Phi) is 5.35. The van der Waals surface area contributed by atoms with Gasteiger partial charge in [-0.2, -0.15) is 0 Å². The molecule has 0 spiro atoms. The summed E-state index contributed by atoms with van der Waals surface area (Å²) < 4.78 is 0. The third-order valence-corrected chi connectivity index (χ3v) is 2.63. The first-order valence-corrected chi connectivity index (χ1v) is 5.35. The Labute approximate surface area is 81.9 Å². The van der Waals surface area contributed by atoms with E-state index < -0.39 is 0 Å². The summed E-state index contributed by atoms with van der Waals surface area (Å²) in [5.74, 6) is 0.923. The second-order valence-corrected chi connectivity index (χ2v) is 4.20. The third kappa shape index (κ3) is 5.24. The predicted molar refractivity (Wildman–Crippen MR) is 57.0 cm³/mol. The molecule has 0 bridgehead atoms. The zero-order valence-electron chi connectivity index (χ0n) is 8.97. The van der Waals surface area contributed by atoms with Crippen molar-refractivity contribution in [3.63, 3.8) is 0 Å². The van der Waals surface area contributed by atoms with E-state index >= 15 is 0 Å². The van der Waals surface area contributed by atoms with Crippen molar-refractivity contribution in [2.24, 2.45) is 5.92 Å². The molecule has 0 aromatic heterocycles. The largest absolute Gasteiger partial charge is 0.316 e. The minimum absolute atomic E-state index is 0.923. The molecule has 1 heterocycles. The molecular formula is C10H23N3. The van der Waals surface area contributed by atoms with E-state index in [1.54, 1.807) is 0 Å². The minimum Gasteiger partial charge on any atom is -0.316 e. The van der Waals surface area contributed by atoms with Crippen LogP contribution in [0.2, 0.25) is 0 Å². The van der Waals surface area contributed by atoms with Crippen LogP contribution in [0.3, 0.4) is 0 Å². The van der Waals surface area contributed by atoms with Crippen molar-refractivity contribution < 1.29 is 0 Å². The van der Waals surface area contributed by atoms with Crippen LogP contribution in [0.25, 0.3) is 0 Å². The topological polar surface area (TPSA) is 27.3 Å². The van der Waals surface area contributed by atoms with E-state index in [1.165, 1.54) is 32.5 Å². The zero-order chi connectivity index (χ0) is 9.52. The van der Waals surface area contributed by atoms with Crippen LogP contribution in [0.5, 0.6) is 0 Å². The summed E-state index contributed by atoms with van der Waals surface area (Å²) in [5, 5.41) is 6.87. The average molecular weight is 185 g/mol. The lowest BCUT2D eigenvalue weighted by molar-refractivity contribution is 0.393. The van der Waals surface area contributed by atoms with Crippen molar-refractivity contribution in [2.75, 3.05) is 46.8 Å². The molecule has 1 unspecified atom stereocenters. The van der Waals surface area contributed by atoms with Crippen LogP contribution in [0.15, 0.2) is 0 Å². The van der Waals surface area contributed by atoms with Crippen LogP contribution in [-0.4, -0.2) is 51.7 Å². The summed E-state index contributed by atoms with van der Waals surface area (Å²) in [6.45, 7) is 5.90. The molecule has 0 aliphatic carbocycles. The van der Waals surface area contributed by atoms with Gasteiger partial charge >= 0.3 is 0 Å². The predicted octanol–water partition coefficient (Wildman–Crippen LogP) is 0.137. The number of hydrogen-bond acceptors (Lipinski definition) is 3. The van der Waals surface area contributed by atoms with Crippen molar-refractivity contribution in [2.45, 2.75) is 12.8 Å². The molecule has 0 amide bonds. The van der Waals surface area contributed by atoms with Gasteiger partial charge in [-0.05, 0) is 52.5 Å². The SMILES string of the molecule is CN(C)CCNCCC1CCNC1. The van der Waals surface area contributed by atoms with Gasteiger partial charge in [0, 0.05) is 13.1 Å². The molecule has 3 nitrogen and oxygen atoms in total. The Hall–Kier alpha value is -0.120. The lowest BCUT2D eigenvalue weighted by Crippen LogP contribution is -2.28. The second-order valence-electron chi connectivity index (χ2n) is 4.20. The van der Waals surface area contributed by atoms with Crippen molar-refractivity contribution in [1.29, 1.82) is 0 Å². The van der Waals surface area contributed by atoms with Gasteiger partial charge in [0.2, 0.25) is 0 Å². The van der Waals surface area contributed by atoms with Crippen molar-refractivity contribution >= 4 is 0 Å². The monoisotopic (exact) mass is 185 g/mol. The first kappa shape index (κ1) is 11.0. The lowest BCUT2D eigenvalue weighted by atomic mass is 10.1. The first-order chi connectivity index (χ1) is 6.29. The van der Waals surface area contributed by atoms with Gasteiger partial charge < -0.3 is 15.5 Å². The summed E-state index contributed by atoms with van der Waals surface area (Å²) in [6, 6.07) is 0. The Bertz CT molecular complexity index is 119. The Morgan fingerprint density at radius 3 is 2.85 bits per heavy atom. The molecule has 78 valence electrons. The summed E-state index contributed by atoms with van der Waals surface area (Å²) in [5.41, 5.74) is 0. The number of nitrogens with zero attached hydrogens (tertiary/aromatic N) is 1. The van der Waals surface area contributed by atoms with Crippen molar-refractivity contribution in [3.05, 3.63) is 0 Å². The van der Waals surface area contributed by atoms with Crippen LogP contribution < -0.4 is 10.6 Å². The molecule has 1 atom stereocenters. The Morgan fingerprint density at radius 1 is 1.38 bits per heavy atom. The summed E-state index contributed by atoms with van der Waals surface area (Å²) in [6.07, 6.45) is 2.70. The summed E-state index contributed by atoms with van der Waals surface area (Å²) >= 11 is 0. The van der Waals surface area contributed by atoms with Gasteiger partial charge in [0.15, 0.2) is 0 Å². The molecule has 1 saturated heterocycles. The molecule has 0 aromatic rings. The van der Waals surface area contributed by atoms with E-state index in [0.29, 0.717) is 0 Å². The van der Waals surface area contributed by atoms with E-state index in [2.05, 4.69) is 29.6 Å².